The number of benzene rings is 3. The predicted molar refractivity (Wildman–Crippen MR) is 157 cm³/mol. The molecule has 0 spiro atoms. The zero-order valence-electron chi connectivity index (χ0n) is 22.3. The molecule has 3 heterocycles. The fourth-order valence-corrected chi connectivity index (χ4v) is 5.91. The zero-order chi connectivity index (χ0) is 26.0. The molecule has 3 nitrogen and oxygen atoms in total. The third kappa shape index (κ3) is 5.86. The van der Waals surface area contributed by atoms with Crippen LogP contribution in [-0.4, -0.2) is 18.0 Å². The van der Waals surface area contributed by atoms with Gasteiger partial charge in [0, 0.05) is 46.0 Å². The smallest absolute Gasteiger partial charge is 0.120 e. The molecule has 3 aromatic carbocycles. The third-order valence-corrected chi connectivity index (χ3v) is 8.34. The maximum atomic E-state index is 6.26. The molecule has 0 amide bonds. The van der Waals surface area contributed by atoms with E-state index in [-0.39, 0.29) is 20.1 Å². The summed E-state index contributed by atoms with van der Waals surface area (Å²) in [5.74, 6) is 0. The van der Waals surface area contributed by atoms with Crippen LogP contribution in [0.25, 0.3) is 44.5 Å². The normalized spacial score (nSPS) is 11.1. The molecule has 38 heavy (non-hydrogen) atoms. The number of hydrogen-bond acceptors (Lipinski definition) is 3. The number of nitrogens with zero attached hydrogens (tertiary/aromatic N) is 2. The molecule has 0 fully saturated rings. The van der Waals surface area contributed by atoms with Crippen molar-refractivity contribution in [1.82, 2.24) is 9.97 Å². The second-order valence-electron chi connectivity index (χ2n) is 10.3. The summed E-state index contributed by atoms with van der Waals surface area (Å²) in [7, 11) is -1.52. The van der Waals surface area contributed by atoms with Gasteiger partial charge >= 0.3 is 0 Å². The maximum absolute atomic E-state index is 6.26. The molecule has 0 atom stereocenters. The molecule has 0 bridgehead atoms. The van der Waals surface area contributed by atoms with Crippen molar-refractivity contribution in [1.29, 1.82) is 0 Å². The van der Waals surface area contributed by atoms with Gasteiger partial charge in [-0.3, -0.25) is 0 Å². The Labute approximate surface area is 239 Å². The van der Waals surface area contributed by atoms with Gasteiger partial charge in [0.25, 0.3) is 0 Å². The van der Waals surface area contributed by atoms with Gasteiger partial charge in [-0.2, -0.15) is 0 Å². The molecule has 6 rings (SSSR count). The van der Waals surface area contributed by atoms with E-state index in [1.165, 1.54) is 21.5 Å². The van der Waals surface area contributed by atoms with Crippen LogP contribution in [-0.2, 0) is 20.1 Å². The van der Waals surface area contributed by atoms with E-state index < -0.39 is 8.07 Å². The van der Waals surface area contributed by atoms with Gasteiger partial charge in [-0.05, 0) is 42.9 Å². The van der Waals surface area contributed by atoms with E-state index in [1.807, 2.05) is 67.8 Å². The van der Waals surface area contributed by atoms with Crippen molar-refractivity contribution in [2.75, 3.05) is 0 Å². The first-order valence-corrected chi connectivity index (χ1v) is 16.0. The summed E-state index contributed by atoms with van der Waals surface area (Å²) in [5.41, 5.74) is 8.11. The fraction of sp³-hybridized carbons (Fsp3) is 0.152. The Morgan fingerprint density at radius 2 is 1.58 bits per heavy atom. The number of hydrogen-bond donors (Lipinski definition) is 0. The molecule has 193 valence electrons. The first-order valence-electron chi connectivity index (χ1n) is 12.5. The molecule has 3 aromatic heterocycles. The quantitative estimate of drug-likeness (QED) is 0.139. The monoisotopic (exact) mass is 691 g/mol. The second kappa shape index (κ2) is 11.6. The Hall–Kier alpha value is -3.37. The van der Waals surface area contributed by atoms with E-state index in [9.17, 15) is 0 Å². The number of rotatable bonds is 3. The minimum absolute atomic E-state index is 0. The maximum Gasteiger partial charge on any atom is 0.120 e. The van der Waals surface area contributed by atoms with Gasteiger partial charge in [0.1, 0.15) is 5.58 Å². The van der Waals surface area contributed by atoms with Gasteiger partial charge in [-0.1, -0.05) is 72.6 Å². The van der Waals surface area contributed by atoms with E-state index in [2.05, 4.69) is 79.0 Å². The van der Waals surface area contributed by atoms with Gasteiger partial charge in [0.15, 0.2) is 0 Å². The molecule has 0 saturated carbocycles. The Bertz CT molecular complexity index is 1670. The molecule has 1 radical (unpaired) electrons. The first kappa shape index (κ1) is 27.7. The largest absolute Gasteiger partial charge is 0.501 e. The van der Waals surface area contributed by atoms with Crippen LogP contribution >= 0.6 is 0 Å². The van der Waals surface area contributed by atoms with E-state index in [0.717, 1.165) is 39.2 Å². The summed E-state index contributed by atoms with van der Waals surface area (Å²) in [6.07, 6.45) is 3.72. The molecule has 0 N–H and O–H groups in total. The molecule has 0 saturated heterocycles. The summed E-state index contributed by atoms with van der Waals surface area (Å²) in [4.78, 5) is 8.86. The van der Waals surface area contributed by atoms with Crippen LogP contribution in [0.3, 0.4) is 0 Å². The van der Waals surface area contributed by atoms with Crippen molar-refractivity contribution in [3.8, 4) is 22.5 Å². The predicted octanol–water partition coefficient (Wildman–Crippen LogP) is 8.16. The molecule has 5 heteroatoms. The Morgan fingerprint density at radius 3 is 2.26 bits per heavy atom. The number of pyridine rings is 2. The number of furan rings is 1. The summed E-state index contributed by atoms with van der Waals surface area (Å²) >= 11 is 0. The van der Waals surface area contributed by atoms with E-state index in [0.29, 0.717) is 0 Å². The van der Waals surface area contributed by atoms with Crippen molar-refractivity contribution in [2.45, 2.75) is 33.5 Å². The van der Waals surface area contributed by atoms with Crippen LogP contribution in [0, 0.1) is 26.0 Å². The van der Waals surface area contributed by atoms with Crippen LogP contribution in [0.5, 0.6) is 0 Å². The average Bonchev–Trinajstić information content (AvgIpc) is 3.29. The molecule has 0 unspecified atom stereocenters. The zero-order valence-corrected chi connectivity index (χ0v) is 25.7. The van der Waals surface area contributed by atoms with Gasteiger partial charge < -0.3 is 14.4 Å². The summed E-state index contributed by atoms with van der Waals surface area (Å²) < 4.78 is 6.26. The van der Waals surface area contributed by atoms with Crippen molar-refractivity contribution in [2.24, 2.45) is 0 Å². The fourth-order valence-electron chi connectivity index (χ4n) is 4.40. The summed E-state index contributed by atoms with van der Waals surface area (Å²) in [6.45, 7) is 11.2. The van der Waals surface area contributed by atoms with Crippen LogP contribution in [0.2, 0.25) is 19.6 Å². The van der Waals surface area contributed by atoms with E-state index >= 15 is 0 Å². The molecule has 6 aromatic rings. The van der Waals surface area contributed by atoms with Gasteiger partial charge in [0.2, 0.25) is 0 Å². The van der Waals surface area contributed by atoms with Crippen LogP contribution in [0.4, 0.5) is 0 Å². The topological polar surface area (TPSA) is 38.9 Å². The summed E-state index contributed by atoms with van der Waals surface area (Å²) in [5, 5.41) is 3.81. The van der Waals surface area contributed by atoms with E-state index in [1.54, 1.807) is 0 Å². The number of aromatic nitrogens is 2. The molecular formula is C33H30IrN2OSi-2. The summed E-state index contributed by atoms with van der Waals surface area (Å²) in [6, 6.07) is 33.1. The Kier molecular flexibility index (Phi) is 8.42. The molecular weight excluding hydrogens is 661 g/mol. The standard InChI is InChI=1S/C21H20NOSi.C12H10N.Ir/c1-14-9-11-17(22-13-14)15-10-12-19(24(2,3)4)20-16-7-5-6-8-18(16)23-21(15)20;1-10-7-8-13-12(9-10)11-5-3-2-4-6-11;/h5-9,11-13H,1-4H3;2-5,7-9H,1H3;/q2*-1;. The first-order chi connectivity index (χ1) is 17.8. The molecule has 0 aliphatic carbocycles. The van der Waals surface area contributed by atoms with Crippen LogP contribution in [0.1, 0.15) is 11.1 Å². The SMILES string of the molecule is Cc1ccc(-c2[c-]cc([Si](C)(C)C)c3c2oc2ccccc23)nc1.Cc1ccnc(-c2[c-]cccc2)c1.[Ir]. The average molecular weight is 691 g/mol. The minimum atomic E-state index is -1.52. The van der Waals surface area contributed by atoms with E-state index in [4.69, 9.17) is 4.42 Å². The number of fused-ring (bicyclic) bond motifs is 3. The van der Waals surface area contributed by atoms with Gasteiger partial charge in [0.05, 0.1) is 5.58 Å². The van der Waals surface area contributed by atoms with Crippen LogP contribution in [0.15, 0.2) is 95.7 Å². The molecule has 0 aliphatic heterocycles. The number of aryl methyl sites for hydroxylation is 2. The van der Waals surface area contributed by atoms with Crippen molar-refractivity contribution in [3.05, 3.63) is 115 Å². The third-order valence-electron chi connectivity index (χ3n) is 6.33. The Balaban J connectivity index is 0.000000204. The molecule has 0 aliphatic rings. The second-order valence-corrected chi connectivity index (χ2v) is 15.4. The van der Waals surface area contributed by atoms with Gasteiger partial charge in [-0.15, -0.1) is 53.2 Å². The minimum Gasteiger partial charge on any atom is -0.501 e. The van der Waals surface area contributed by atoms with Crippen molar-refractivity contribution < 1.29 is 24.5 Å². The van der Waals surface area contributed by atoms with Crippen LogP contribution < -0.4 is 5.19 Å². The number of para-hydroxylation sites is 1. The van der Waals surface area contributed by atoms with Crippen molar-refractivity contribution >= 4 is 35.2 Å². The van der Waals surface area contributed by atoms with Gasteiger partial charge in [-0.25, -0.2) is 0 Å². The van der Waals surface area contributed by atoms with Crippen molar-refractivity contribution in [3.63, 3.8) is 0 Å². The Morgan fingerprint density at radius 1 is 0.789 bits per heavy atom.